The average Bonchev–Trinajstić information content (AvgIpc) is 1.40. The van der Waals surface area contributed by atoms with Crippen LogP contribution in [0.15, 0.2) is 352 Å². The Bertz CT molecular complexity index is 9420. The Labute approximate surface area is 753 Å². The number of hydrogen-bond acceptors (Lipinski definition) is 0. The largest absolute Gasteiger partial charge is 0.308 e. The van der Waals surface area contributed by atoms with Gasteiger partial charge in [-0.05, 0) is 232 Å². The summed E-state index contributed by atoms with van der Waals surface area (Å²) in [4.78, 5) is 0. The summed E-state index contributed by atoms with van der Waals surface area (Å²) >= 11 is 0. The standard InChI is InChI=1S/C66H60N2.C60H34N2/c1-63(2,3)49-27-19-28-50(64(4,5)6)59(49)57-45-33-43-41-25-17-23-39-38-22-14-16-32-54(38)68(61(39)41)56(43)36-48(45)58(60-51(65(7,8)9)29-20-30-52(60)66(10,11)12)46-34-44-42-26-18-24-40-37-21-13-15-31-53(37)67(62(40)42)55(44)35-47(46)57;1-2-15-36(16-3-1)39-18-6-7-21-42(39)58-50-32-48-46-25-13-23-44-40-19-8-10-26-53(40)61(60(44)46)55(48)33-51(50)57(38-29-28-35-14-4-5-17-37(35)30-38)49-31-47-45-24-12-22-43-41-20-9-11-27-54(41)62(59(43)45)56(47)34-52(49)58/h13-36H,1-12H3;1-34H. The Morgan fingerprint density at radius 1 is 0.146 bits per heavy atom. The van der Waals surface area contributed by atoms with Crippen molar-refractivity contribution in [3.63, 3.8) is 0 Å². The molecule has 4 heteroatoms. The molecule has 0 radical (unpaired) electrons. The predicted molar refractivity (Wildman–Crippen MR) is 561 cm³/mol. The van der Waals surface area contributed by atoms with Gasteiger partial charge in [-0.15, -0.1) is 0 Å². The van der Waals surface area contributed by atoms with Gasteiger partial charge in [0.1, 0.15) is 0 Å². The number of benzene rings is 20. The number of nitrogens with zero attached hydrogens (tertiary/aromatic N) is 4. The zero-order valence-corrected chi connectivity index (χ0v) is 75.3. The summed E-state index contributed by atoms with van der Waals surface area (Å²) in [5.41, 5.74) is 33.0. The van der Waals surface area contributed by atoms with Crippen LogP contribution < -0.4 is 0 Å². The summed E-state index contributed by atoms with van der Waals surface area (Å²) in [5, 5.41) is 33.5. The smallest absolute Gasteiger partial charge is 0.0620 e. The summed E-state index contributed by atoms with van der Waals surface area (Å²) < 4.78 is 10.2. The van der Waals surface area contributed by atoms with Crippen LogP contribution in [0.5, 0.6) is 0 Å². The number of para-hydroxylation sites is 8. The highest BCUT2D eigenvalue weighted by Crippen LogP contribution is 2.58. The Kier molecular flexibility index (Phi) is 15.2. The third kappa shape index (κ3) is 10.2. The molecule has 0 saturated heterocycles. The molecule has 130 heavy (non-hydrogen) atoms. The first-order valence-electron chi connectivity index (χ1n) is 46.4. The van der Waals surface area contributed by atoms with Crippen LogP contribution in [0.3, 0.4) is 0 Å². The lowest BCUT2D eigenvalue weighted by atomic mass is 9.70. The van der Waals surface area contributed by atoms with Gasteiger partial charge < -0.3 is 17.6 Å². The Morgan fingerprint density at radius 3 is 0.769 bits per heavy atom. The molecular weight excluding hydrogens is 1570 g/mol. The summed E-state index contributed by atoms with van der Waals surface area (Å²) in [5.74, 6) is 0. The normalized spacial score (nSPS) is 13.1. The van der Waals surface area contributed by atoms with Crippen molar-refractivity contribution < 1.29 is 0 Å². The molecule has 0 amide bonds. The topological polar surface area (TPSA) is 17.6 Å². The van der Waals surface area contributed by atoms with E-state index in [9.17, 15) is 0 Å². The van der Waals surface area contributed by atoms with E-state index in [-0.39, 0.29) is 21.7 Å². The summed E-state index contributed by atoms with van der Waals surface area (Å²) in [6, 6.07) is 134. The number of hydrogen-bond donors (Lipinski definition) is 0. The van der Waals surface area contributed by atoms with Gasteiger partial charge in [0, 0.05) is 86.2 Å². The van der Waals surface area contributed by atoms with Crippen LogP contribution in [0.1, 0.15) is 105 Å². The molecular formula is C126H94N4. The fourth-order valence-corrected chi connectivity index (χ4v) is 24.3. The second-order valence-corrected chi connectivity index (χ2v) is 41.3. The Balaban J connectivity index is 0.000000134. The lowest BCUT2D eigenvalue weighted by Gasteiger charge is -2.33. The molecule has 4 nitrogen and oxygen atoms in total. The van der Waals surface area contributed by atoms with Gasteiger partial charge in [0.15, 0.2) is 0 Å². The minimum absolute atomic E-state index is 0.137. The van der Waals surface area contributed by atoms with Crippen LogP contribution in [-0.4, -0.2) is 17.6 Å². The quantitative estimate of drug-likeness (QED) is 0.153. The van der Waals surface area contributed by atoms with Gasteiger partial charge in [-0.3, -0.25) is 0 Å². The first-order valence-corrected chi connectivity index (χ1v) is 46.4. The van der Waals surface area contributed by atoms with Crippen LogP contribution in [0.2, 0.25) is 0 Å². The minimum Gasteiger partial charge on any atom is -0.308 e. The van der Waals surface area contributed by atoms with Gasteiger partial charge in [0.25, 0.3) is 0 Å². The fourth-order valence-electron chi connectivity index (χ4n) is 24.3. The van der Waals surface area contributed by atoms with Gasteiger partial charge in [0.05, 0.1) is 66.2 Å². The monoisotopic (exact) mass is 1660 g/mol. The van der Waals surface area contributed by atoms with Crippen molar-refractivity contribution >= 4 is 206 Å². The molecule has 0 unspecified atom stereocenters. The molecule has 0 aliphatic rings. The third-order valence-corrected chi connectivity index (χ3v) is 29.8. The van der Waals surface area contributed by atoms with Gasteiger partial charge in [-0.25, -0.2) is 0 Å². The molecule has 0 spiro atoms. The third-order valence-electron chi connectivity index (χ3n) is 29.8. The number of aromatic nitrogens is 4. The van der Waals surface area contributed by atoms with Crippen LogP contribution in [0, 0.1) is 0 Å². The van der Waals surface area contributed by atoms with E-state index < -0.39 is 0 Å². The van der Waals surface area contributed by atoms with E-state index in [1.807, 2.05) is 0 Å². The molecule has 0 N–H and O–H groups in total. The van der Waals surface area contributed by atoms with E-state index >= 15 is 0 Å². The summed E-state index contributed by atoms with van der Waals surface area (Å²) in [7, 11) is 0. The Hall–Kier alpha value is -15.1. The molecule has 28 aromatic rings. The molecule has 618 valence electrons. The van der Waals surface area contributed by atoms with E-state index in [0.29, 0.717) is 0 Å². The molecule has 0 bridgehead atoms. The lowest BCUT2D eigenvalue weighted by Crippen LogP contribution is -2.20. The van der Waals surface area contributed by atoms with Crippen LogP contribution in [0.25, 0.3) is 262 Å². The van der Waals surface area contributed by atoms with Gasteiger partial charge in [-0.1, -0.05) is 356 Å². The lowest BCUT2D eigenvalue weighted by molar-refractivity contribution is 0.571. The average molecular weight is 1660 g/mol. The van der Waals surface area contributed by atoms with Gasteiger partial charge >= 0.3 is 0 Å². The second kappa shape index (κ2) is 26.3. The van der Waals surface area contributed by atoms with E-state index in [1.165, 1.54) is 284 Å². The molecule has 0 saturated carbocycles. The maximum absolute atomic E-state index is 2.62. The van der Waals surface area contributed by atoms with Crippen LogP contribution >= 0.6 is 0 Å². The van der Waals surface area contributed by atoms with Gasteiger partial charge in [0.2, 0.25) is 0 Å². The van der Waals surface area contributed by atoms with Crippen molar-refractivity contribution in [2.75, 3.05) is 0 Å². The molecule has 8 heterocycles. The summed E-state index contributed by atoms with van der Waals surface area (Å²) in [6.45, 7) is 28.8. The van der Waals surface area contributed by atoms with Crippen molar-refractivity contribution in [1.82, 2.24) is 17.6 Å². The van der Waals surface area contributed by atoms with E-state index in [1.54, 1.807) is 0 Å². The Morgan fingerprint density at radius 2 is 0.408 bits per heavy atom. The maximum Gasteiger partial charge on any atom is 0.0620 e. The van der Waals surface area contributed by atoms with Crippen molar-refractivity contribution in [3.05, 3.63) is 374 Å². The van der Waals surface area contributed by atoms with Crippen molar-refractivity contribution in [1.29, 1.82) is 0 Å². The first-order chi connectivity index (χ1) is 63.1. The van der Waals surface area contributed by atoms with Gasteiger partial charge in [-0.2, -0.15) is 0 Å². The highest BCUT2D eigenvalue weighted by molar-refractivity contribution is 6.36. The van der Waals surface area contributed by atoms with Crippen molar-refractivity contribution in [2.45, 2.75) is 105 Å². The highest BCUT2D eigenvalue weighted by atomic mass is 14.9. The SMILES string of the molecule is CC(C)(C)c1cccc(C(C)(C)C)c1-c1c2cc3c4cccc5c6ccccc6n(c3cc2c(-c2c(C(C)(C)C)cccc2C(C)(C)C)c2cc3c6cccc7c8ccccc8n(c3cc12)c76)c54.c1ccc(-c2ccccc2-c2c3cc4c5cccc6c7ccccc7n(c4cc3c(-c3ccc4ccccc4c3)c3cc4c7cccc8c9ccccc9n(c4cc23)c87)c65)cc1. The van der Waals surface area contributed by atoms with E-state index in [0.717, 1.165) is 0 Å². The van der Waals surface area contributed by atoms with Crippen LogP contribution in [0.4, 0.5) is 0 Å². The molecule has 0 fully saturated rings. The van der Waals surface area contributed by atoms with E-state index in [4.69, 9.17) is 0 Å². The molecule has 8 aromatic heterocycles. The van der Waals surface area contributed by atoms with Crippen LogP contribution in [-0.2, 0) is 21.7 Å². The molecule has 0 aliphatic carbocycles. The summed E-state index contributed by atoms with van der Waals surface area (Å²) in [6.07, 6.45) is 0. The predicted octanol–water partition coefficient (Wildman–Crippen LogP) is 35.3. The molecule has 20 aromatic carbocycles. The highest BCUT2D eigenvalue weighted by Gasteiger charge is 2.36. The number of rotatable bonds is 5. The second-order valence-electron chi connectivity index (χ2n) is 41.3. The molecule has 28 rings (SSSR count). The van der Waals surface area contributed by atoms with E-state index in [2.05, 4.69) is 453 Å². The maximum atomic E-state index is 2.62. The zero-order chi connectivity index (χ0) is 87.3. The van der Waals surface area contributed by atoms with Crippen molar-refractivity contribution in [3.8, 4) is 55.6 Å². The molecule has 0 aliphatic heterocycles. The fraction of sp³-hybridized carbons (Fsp3) is 0.127. The zero-order valence-electron chi connectivity index (χ0n) is 75.3. The first kappa shape index (κ1) is 75.1. The van der Waals surface area contributed by atoms with Crippen molar-refractivity contribution in [2.24, 2.45) is 0 Å². The molecule has 0 atom stereocenters. The minimum atomic E-state index is -0.137. The number of fused-ring (bicyclic) bond motifs is 29.